The monoisotopic (exact) mass is 519 g/mol. The van der Waals surface area contributed by atoms with E-state index < -0.39 is 10.0 Å². The number of aliphatic imine (C=N–C) groups is 1. The van der Waals surface area contributed by atoms with E-state index in [2.05, 4.69) is 25.7 Å². The topological polar surface area (TPSA) is 71.4 Å². The van der Waals surface area contributed by atoms with Crippen LogP contribution in [0.2, 0.25) is 0 Å². The van der Waals surface area contributed by atoms with E-state index >= 15 is 0 Å². The molecular weight excluding hydrogens is 486 g/mol. The molecule has 2 aliphatic rings. The minimum absolute atomic E-state index is 0.0397. The molecule has 8 heteroatoms. The van der Waals surface area contributed by atoms with Gasteiger partial charge in [-0.2, -0.15) is 4.31 Å². The van der Waals surface area contributed by atoms with Crippen molar-refractivity contribution in [3.8, 4) is 17.2 Å². The Morgan fingerprint density at radius 3 is 2.38 bits per heavy atom. The van der Waals surface area contributed by atoms with Gasteiger partial charge in [0.15, 0.2) is 5.75 Å². The van der Waals surface area contributed by atoms with Crippen molar-refractivity contribution in [3.63, 3.8) is 0 Å². The number of methoxy groups -OCH3 is 1. The van der Waals surface area contributed by atoms with Gasteiger partial charge in [0.1, 0.15) is 23.0 Å². The van der Waals surface area contributed by atoms with E-state index in [4.69, 9.17) is 14.5 Å². The number of amidine groups is 1. The molecule has 0 amide bonds. The van der Waals surface area contributed by atoms with Crippen molar-refractivity contribution in [3.05, 3.63) is 77.9 Å². The fourth-order valence-electron chi connectivity index (χ4n) is 4.82. The van der Waals surface area contributed by atoms with E-state index in [-0.39, 0.29) is 11.5 Å². The zero-order valence-corrected chi connectivity index (χ0v) is 22.7. The van der Waals surface area contributed by atoms with Crippen LogP contribution in [0.5, 0.6) is 17.2 Å². The molecule has 0 aliphatic carbocycles. The first-order valence-electron chi connectivity index (χ1n) is 12.5. The predicted octanol–water partition coefficient (Wildman–Crippen LogP) is 5.57. The van der Waals surface area contributed by atoms with E-state index in [1.807, 2.05) is 61.5 Å². The summed E-state index contributed by atoms with van der Waals surface area (Å²) in [7, 11) is -2.00. The average molecular weight is 520 g/mol. The summed E-state index contributed by atoms with van der Waals surface area (Å²) < 4.78 is 40.5. The van der Waals surface area contributed by atoms with Gasteiger partial charge in [-0.15, -0.1) is 0 Å². The fourth-order valence-corrected chi connectivity index (χ4v) is 6.44. The van der Waals surface area contributed by atoms with Crippen LogP contribution < -0.4 is 9.47 Å². The highest BCUT2D eigenvalue weighted by Crippen LogP contribution is 2.39. The Morgan fingerprint density at radius 1 is 0.973 bits per heavy atom. The van der Waals surface area contributed by atoms with Crippen molar-refractivity contribution >= 4 is 21.5 Å². The molecule has 3 aromatic rings. The van der Waals surface area contributed by atoms with Crippen molar-refractivity contribution in [2.75, 3.05) is 26.7 Å². The molecule has 194 valence electrons. The lowest BCUT2D eigenvalue weighted by atomic mass is 9.87. The molecule has 37 heavy (non-hydrogen) atoms. The van der Waals surface area contributed by atoms with Gasteiger partial charge in [0, 0.05) is 25.7 Å². The van der Waals surface area contributed by atoms with Crippen LogP contribution in [0.1, 0.15) is 38.8 Å². The zero-order valence-electron chi connectivity index (χ0n) is 21.9. The summed E-state index contributed by atoms with van der Waals surface area (Å²) in [5, 5.41) is 0. The minimum Gasteiger partial charge on any atom is -0.497 e. The van der Waals surface area contributed by atoms with E-state index in [9.17, 15) is 8.42 Å². The van der Waals surface area contributed by atoms with Gasteiger partial charge in [-0.3, -0.25) is 0 Å². The summed E-state index contributed by atoms with van der Waals surface area (Å²) in [6, 6.07) is 20.4. The Bertz CT molecular complexity index is 1440. The molecule has 0 spiro atoms. The Balaban J connectivity index is 1.45. The number of hydrogen-bond acceptors (Lipinski definition) is 6. The van der Waals surface area contributed by atoms with Crippen LogP contribution in [0.3, 0.4) is 0 Å². The smallest absolute Gasteiger partial charge is 0.243 e. The molecule has 1 fully saturated rings. The third-order valence-corrected chi connectivity index (χ3v) is 8.96. The van der Waals surface area contributed by atoms with Crippen molar-refractivity contribution in [2.24, 2.45) is 4.99 Å². The Kier molecular flexibility index (Phi) is 6.50. The van der Waals surface area contributed by atoms with Gasteiger partial charge in [-0.05, 0) is 60.4 Å². The highest BCUT2D eigenvalue weighted by Gasteiger charge is 2.36. The van der Waals surface area contributed by atoms with E-state index in [0.717, 1.165) is 22.6 Å². The van der Waals surface area contributed by atoms with Crippen molar-refractivity contribution < 1.29 is 17.9 Å². The van der Waals surface area contributed by atoms with Gasteiger partial charge in [-0.1, -0.05) is 45.0 Å². The van der Waals surface area contributed by atoms with E-state index in [1.54, 1.807) is 23.5 Å². The molecule has 0 saturated carbocycles. The third-order valence-electron chi connectivity index (χ3n) is 6.93. The average Bonchev–Trinajstić information content (AvgIpc) is 3.04. The Hall–Kier alpha value is -3.36. The first-order chi connectivity index (χ1) is 17.6. The van der Waals surface area contributed by atoms with Crippen LogP contribution in [0.15, 0.2) is 76.6 Å². The summed E-state index contributed by atoms with van der Waals surface area (Å²) in [5.74, 6) is 2.81. The van der Waals surface area contributed by atoms with Gasteiger partial charge in [-0.25, -0.2) is 13.4 Å². The summed E-state index contributed by atoms with van der Waals surface area (Å²) >= 11 is 0. The standard InChI is InChI=1S/C29H33N3O4S/c1-20-19-31(16-17-32(20)37(33,34)23-13-10-21(11-14-23)29(2,3)4)28-24-18-22(35-5)12-15-26(24)36-27-9-7-6-8-25(27)30-28/h6-15,18,20H,16-17,19H2,1-5H3. The molecule has 1 unspecified atom stereocenters. The highest BCUT2D eigenvalue weighted by atomic mass is 32.2. The van der Waals surface area contributed by atoms with Crippen LogP contribution >= 0.6 is 0 Å². The number of rotatable bonds is 3. The van der Waals surface area contributed by atoms with Gasteiger partial charge in [0.2, 0.25) is 10.0 Å². The lowest BCUT2D eigenvalue weighted by molar-refractivity contribution is 0.205. The van der Waals surface area contributed by atoms with Crippen LogP contribution in [-0.2, 0) is 15.4 Å². The Morgan fingerprint density at radius 2 is 1.70 bits per heavy atom. The molecule has 2 heterocycles. The summed E-state index contributed by atoms with van der Waals surface area (Å²) in [6.07, 6.45) is 0. The third kappa shape index (κ3) is 4.83. The lowest BCUT2D eigenvalue weighted by Gasteiger charge is -2.40. The molecule has 5 rings (SSSR count). The number of piperazine rings is 1. The highest BCUT2D eigenvalue weighted by molar-refractivity contribution is 7.89. The second kappa shape index (κ2) is 9.50. The minimum atomic E-state index is -3.63. The van der Waals surface area contributed by atoms with Crippen molar-refractivity contribution in [1.82, 2.24) is 9.21 Å². The molecular formula is C29H33N3O4S. The quantitative estimate of drug-likeness (QED) is 0.452. The molecule has 0 bridgehead atoms. The van der Waals surface area contributed by atoms with E-state index in [0.29, 0.717) is 41.8 Å². The number of benzene rings is 3. The largest absolute Gasteiger partial charge is 0.497 e. The zero-order chi connectivity index (χ0) is 26.4. The van der Waals surface area contributed by atoms with Gasteiger partial charge >= 0.3 is 0 Å². The second-order valence-electron chi connectivity index (χ2n) is 10.6. The number of para-hydroxylation sites is 2. The fraction of sp³-hybridized carbons (Fsp3) is 0.345. The number of sulfonamides is 1. The first-order valence-corrected chi connectivity index (χ1v) is 13.9. The SMILES string of the molecule is COc1ccc2c(c1)C(N1CCN(S(=O)(=O)c3ccc(C(C)(C)C)cc3)C(C)C1)=Nc1ccccc1O2. The molecule has 0 aromatic heterocycles. The van der Waals surface area contributed by atoms with Crippen LogP contribution in [0.25, 0.3) is 0 Å². The van der Waals surface area contributed by atoms with Crippen LogP contribution in [0.4, 0.5) is 5.69 Å². The van der Waals surface area contributed by atoms with Crippen LogP contribution in [-0.4, -0.2) is 56.2 Å². The van der Waals surface area contributed by atoms with Gasteiger partial charge in [0.05, 0.1) is 17.6 Å². The summed E-state index contributed by atoms with van der Waals surface area (Å²) in [4.78, 5) is 7.45. The normalized spacial score (nSPS) is 18.2. The molecule has 1 atom stereocenters. The maximum absolute atomic E-state index is 13.6. The van der Waals surface area contributed by atoms with Crippen LogP contribution in [0, 0.1) is 0 Å². The van der Waals surface area contributed by atoms with Crippen molar-refractivity contribution in [1.29, 1.82) is 0 Å². The maximum atomic E-state index is 13.6. The second-order valence-corrected chi connectivity index (χ2v) is 12.4. The van der Waals surface area contributed by atoms with E-state index in [1.165, 1.54) is 0 Å². The first kappa shape index (κ1) is 25.3. The lowest BCUT2D eigenvalue weighted by Crippen LogP contribution is -2.55. The summed E-state index contributed by atoms with van der Waals surface area (Å²) in [6.45, 7) is 9.65. The number of hydrogen-bond donors (Lipinski definition) is 0. The molecule has 0 radical (unpaired) electrons. The molecule has 2 aliphatic heterocycles. The maximum Gasteiger partial charge on any atom is 0.243 e. The van der Waals surface area contributed by atoms with Crippen molar-refractivity contribution in [2.45, 2.75) is 44.0 Å². The van der Waals surface area contributed by atoms with Gasteiger partial charge in [0.25, 0.3) is 0 Å². The van der Waals surface area contributed by atoms with Gasteiger partial charge < -0.3 is 14.4 Å². The number of nitrogens with zero attached hydrogens (tertiary/aromatic N) is 3. The Labute approximate surface area is 219 Å². The summed E-state index contributed by atoms with van der Waals surface area (Å²) in [5.41, 5.74) is 2.61. The molecule has 3 aromatic carbocycles. The molecule has 0 N–H and O–H groups in total. The number of fused-ring (bicyclic) bond motifs is 2. The molecule has 7 nitrogen and oxygen atoms in total. The predicted molar refractivity (Wildman–Crippen MR) is 146 cm³/mol. The number of ether oxygens (including phenoxy) is 2. The molecule has 1 saturated heterocycles.